The first-order chi connectivity index (χ1) is 7.60. The molecule has 0 fully saturated rings. The minimum absolute atomic E-state index is 0.232. The van der Waals surface area contributed by atoms with Crippen LogP contribution in [0.25, 0.3) is 0 Å². The molecule has 0 aliphatic carbocycles. The predicted molar refractivity (Wildman–Crippen MR) is 74.2 cm³/mol. The molecule has 0 spiro atoms. The monoisotopic (exact) mass is 332 g/mol. The summed E-state index contributed by atoms with van der Waals surface area (Å²) < 4.78 is 5.96. The largest absolute Gasteiger partial charge is 0.462 e. The summed E-state index contributed by atoms with van der Waals surface area (Å²) in [7, 11) is 0. The maximum Gasteiger partial charge on any atom is 0.338 e. The van der Waals surface area contributed by atoms with Crippen LogP contribution in [-0.4, -0.2) is 12.6 Å². The smallest absolute Gasteiger partial charge is 0.338 e. The second-order valence-corrected chi connectivity index (χ2v) is 4.69. The van der Waals surface area contributed by atoms with Crippen molar-refractivity contribution in [1.82, 2.24) is 0 Å². The lowest BCUT2D eigenvalue weighted by molar-refractivity contribution is 0.0526. The van der Waals surface area contributed by atoms with Crippen molar-refractivity contribution < 1.29 is 9.53 Å². The molecule has 0 radical (unpaired) electrons. The number of halogens is 1. The molecule has 1 aromatic carbocycles. The highest BCUT2D eigenvalue weighted by Gasteiger charge is 2.11. The van der Waals surface area contributed by atoms with E-state index < -0.39 is 0 Å². The standard InChI is InChI=1S/C13H17IO2/c1-4-16-13(15)10-5-6-11(8-14)12(7-10)9(2)3/h5-7,9H,4,8H2,1-3H3. The fourth-order valence-corrected chi connectivity index (χ4v) is 2.29. The maximum atomic E-state index is 11.6. The van der Waals surface area contributed by atoms with E-state index in [2.05, 4.69) is 36.4 Å². The number of carbonyl (C=O) groups excluding carboxylic acids is 1. The van der Waals surface area contributed by atoms with Crippen LogP contribution in [-0.2, 0) is 9.16 Å². The Morgan fingerprint density at radius 3 is 2.62 bits per heavy atom. The van der Waals surface area contributed by atoms with Gasteiger partial charge in [-0.05, 0) is 36.1 Å². The third-order valence-electron chi connectivity index (χ3n) is 2.42. The Morgan fingerprint density at radius 2 is 2.12 bits per heavy atom. The third-order valence-corrected chi connectivity index (χ3v) is 3.24. The molecule has 0 aromatic heterocycles. The molecule has 1 rings (SSSR count). The van der Waals surface area contributed by atoms with Gasteiger partial charge < -0.3 is 4.74 Å². The van der Waals surface area contributed by atoms with Gasteiger partial charge in [-0.15, -0.1) is 0 Å². The molecule has 16 heavy (non-hydrogen) atoms. The minimum Gasteiger partial charge on any atom is -0.462 e. The number of hydrogen-bond donors (Lipinski definition) is 0. The fourth-order valence-electron chi connectivity index (χ4n) is 1.60. The predicted octanol–water partition coefficient (Wildman–Crippen LogP) is 3.92. The van der Waals surface area contributed by atoms with Crippen molar-refractivity contribution in [1.29, 1.82) is 0 Å². The summed E-state index contributed by atoms with van der Waals surface area (Å²) in [6.45, 7) is 6.52. The summed E-state index contributed by atoms with van der Waals surface area (Å²) in [4.78, 5) is 11.6. The summed E-state index contributed by atoms with van der Waals surface area (Å²) in [6, 6.07) is 5.82. The number of rotatable bonds is 4. The number of ether oxygens (including phenoxy) is 1. The lowest BCUT2D eigenvalue weighted by atomic mass is 9.96. The average Bonchev–Trinajstić information content (AvgIpc) is 2.28. The van der Waals surface area contributed by atoms with Crippen LogP contribution in [0.4, 0.5) is 0 Å². The van der Waals surface area contributed by atoms with Crippen molar-refractivity contribution in [3.8, 4) is 0 Å². The number of esters is 1. The van der Waals surface area contributed by atoms with E-state index in [4.69, 9.17) is 4.74 Å². The van der Waals surface area contributed by atoms with Gasteiger partial charge in [-0.25, -0.2) is 4.79 Å². The number of benzene rings is 1. The zero-order chi connectivity index (χ0) is 12.1. The SMILES string of the molecule is CCOC(=O)c1ccc(CI)c(C(C)C)c1. The van der Waals surface area contributed by atoms with E-state index in [1.807, 2.05) is 25.1 Å². The summed E-state index contributed by atoms with van der Waals surface area (Å²) in [5.74, 6) is 0.198. The average molecular weight is 332 g/mol. The molecule has 0 heterocycles. The van der Waals surface area contributed by atoms with Crippen LogP contribution in [0.5, 0.6) is 0 Å². The summed E-state index contributed by atoms with van der Waals surface area (Å²) in [6.07, 6.45) is 0. The number of alkyl halides is 1. The van der Waals surface area contributed by atoms with Crippen molar-refractivity contribution in [3.05, 3.63) is 34.9 Å². The van der Waals surface area contributed by atoms with Gasteiger partial charge in [0.1, 0.15) is 0 Å². The first-order valence-corrected chi connectivity index (χ1v) is 6.98. The molecular formula is C13H17IO2. The van der Waals surface area contributed by atoms with Crippen molar-refractivity contribution in [2.45, 2.75) is 31.1 Å². The van der Waals surface area contributed by atoms with Crippen LogP contribution >= 0.6 is 22.6 Å². The van der Waals surface area contributed by atoms with Gasteiger partial charge in [0.05, 0.1) is 12.2 Å². The Balaban J connectivity index is 3.06. The molecule has 1 aromatic rings. The van der Waals surface area contributed by atoms with Crippen molar-refractivity contribution in [2.75, 3.05) is 6.61 Å². The van der Waals surface area contributed by atoms with Crippen LogP contribution < -0.4 is 0 Å². The summed E-state index contributed by atoms with van der Waals surface area (Å²) in [5.41, 5.74) is 3.18. The Kier molecular flexibility index (Phi) is 5.25. The van der Waals surface area contributed by atoms with E-state index in [1.54, 1.807) is 0 Å². The van der Waals surface area contributed by atoms with Gasteiger partial charge in [-0.2, -0.15) is 0 Å². The van der Waals surface area contributed by atoms with Crippen molar-refractivity contribution >= 4 is 28.6 Å². The molecule has 0 bridgehead atoms. The molecule has 0 saturated heterocycles. The van der Waals surface area contributed by atoms with Crippen LogP contribution in [0.3, 0.4) is 0 Å². The Labute approximate surface area is 111 Å². The van der Waals surface area contributed by atoms with Crippen LogP contribution in [0.15, 0.2) is 18.2 Å². The Morgan fingerprint density at radius 1 is 1.44 bits per heavy atom. The van der Waals surface area contributed by atoms with E-state index in [1.165, 1.54) is 11.1 Å². The minimum atomic E-state index is -0.232. The molecule has 0 unspecified atom stereocenters. The van der Waals surface area contributed by atoms with Gasteiger partial charge in [0.2, 0.25) is 0 Å². The van der Waals surface area contributed by atoms with Gasteiger partial charge in [0.25, 0.3) is 0 Å². The van der Waals surface area contributed by atoms with E-state index in [-0.39, 0.29) is 5.97 Å². The van der Waals surface area contributed by atoms with E-state index in [0.29, 0.717) is 18.1 Å². The lowest BCUT2D eigenvalue weighted by Gasteiger charge is -2.12. The zero-order valence-electron chi connectivity index (χ0n) is 9.92. The Bertz CT molecular complexity index is 372. The topological polar surface area (TPSA) is 26.3 Å². The fraction of sp³-hybridized carbons (Fsp3) is 0.462. The third kappa shape index (κ3) is 3.20. The van der Waals surface area contributed by atoms with Crippen molar-refractivity contribution in [2.24, 2.45) is 0 Å². The Hall–Kier alpha value is -0.580. The molecule has 0 aliphatic rings. The first-order valence-electron chi connectivity index (χ1n) is 5.46. The highest BCUT2D eigenvalue weighted by atomic mass is 127. The van der Waals surface area contributed by atoms with E-state index in [9.17, 15) is 4.79 Å². The molecule has 0 saturated carbocycles. The molecule has 0 N–H and O–H groups in total. The first kappa shape index (κ1) is 13.5. The van der Waals surface area contributed by atoms with E-state index >= 15 is 0 Å². The van der Waals surface area contributed by atoms with Crippen LogP contribution in [0, 0.1) is 0 Å². The van der Waals surface area contributed by atoms with Gasteiger partial charge in [-0.3, -0.25) is 0 Å². The van der Waals surface area contributed by atoms with Gasteiger partial charge >= 0.3 is 5.97 Å². The summed E-state index contributed by atoms with van der Waals surface area (Å²) >= 11 is 2.34. The number of carbonyl (C=O) groups is 1. The molecule has 3 heteroatoms. The zero-order valence-corrected chi connectivity index (χ0v) is 12.1. The molecule has 0 aliphatic heterocycles. The van der Waals surface area contributed by atoms with Crippen molar-refractivity contribution in [3.63, 3.8) is 0 Å². The molecular weight excluding hydrogens is 315 g/mol. The summed E-state index contributed by atoms with van der Waals surface area (Å²) in [5, 5.41) is 0. The van der Waals surface area contributed by atoms with Crippen LogP contribution in [0.1, 0.15) is 48.2 Å². The second kappa shape index (κ2) is 6.23. The molecule has 88 valence electrons. The lowest BCUT2D eigenvalue weighted by Crippen LogP contribution is -2.06. The molecule has 0 amide bonds. The maximum absolute atomic E-state index is 11.6. The normalized spacial score (nSPS) is 10.6. The van der Waals surface area contributed by atoms with Gasteiger partial charge in [-0.1, -0.05) is 42.5 Å². The van der Waals surface area contributed by atoms with Gasteiger partial charge in [0.15, 0.2) is 0 Å². The van der Waals surface area contributed by atoms with Gasteiger partial charge in [0, 0.05) is 4.43 Å². The van der Waals surface area contributed by atoms with Crippen LogP contribution in [0.2, 0.25) is 0 Å². The highest BCUT2D eigenvalue weighted by Crippen LogP contribution is 2.23. The van der Waals surface area contributed by atoms with E-state index in [0.717, 1.165) is 4.43 Å². The molecule has 2 nitrogen and oxygen atoms in total. The molecule has 0 atom stereocenters. The quantitative estimate of drug-likeness (QED) is 0.475. The second-order valence-electron chi connectivity index (χ2n) is 3.92. The highest BCUT2D eigenvalue weighted by molar-refractivity contribution is 14.1. The number of hydrogen-bond acceptors (Lipinski definition) is 2.